The first-order chi connectivity index (χ1) is 15.1. The van der Waals surface area contributed by atoms with Crippen molar-refractivity contribution in [1.82, 2.24) is 9.88 Å². The van der Waals surface area contributed by atoms with Gasteiger partial charge in [0.05, 0.1) is 18.9 Å². The third kappa shape index (κ3) is 5.70. The molecular formula is C24H27N3O3S. The number of nitrogens with zero attached hydrogens (tertiary/aromatic N) is 2. The molecule has 1 aliphatic rings. The number of thiazole rings is 1. The Balaban J connectivity index is 1.35. The van der Waals surface area contributed by atoms with Gasteiger partial charge in [-0.3, -0.25) is 15.0 Å². The number of aryl methyl sites for hydroxylation is 2. The lowest BCUT2D eigenvalue weighted by molar-refractivity contribution is 0.0322. The van der Waals surface area contributed by atoms with Crippen LogP contribution in [0, 0.1) is 13.8 Å². The van der Waals surface area contributed by atoms with E-state index in [9.17, 15) is 4.79 Å². The first kappa shape index (κ1) is 21.5. The molecular weight excluding hydrogens is 410 g/mol. The van der Waals surface area contributed by atoms with Gasteiger partial charge in [0, 0.05) is 35.6 Å². The number of rotatable bonds is 7. The molecule has 1 aromatic heterocycles. The second-order valence-electron chi connectivity index (χ2n) is 7.57. The number of amides is 1. The van der Waals surface area contributed by atoms with Crippen LogP contribution in [-0.2, 0) is 4.74 Å². The predicted molar refractivity (Wildman–Crippen MR) is 124 cm³/mol. The van der Waals surface area contributed by atoms with Crippen LogP contribution in [0.15, 0.2) is 48.5 Å². The summed E-state index contributed by atoms with van der Waals surface area (Å²) in [6.07, 6.45) is 0. The third-order valence-electron chi connectivity index (χ3n) is 5.24. The van der Waals surface area contributed by atoms with Crippen molar-refractivity contribution in [3.8, 4) is 17.0 Å². The monoisotopic (exact) mass is 437 g/mol. The van der Waals surface area contributed by atoms with Gasteiger partial charge in [0.2, 0.25) is 0 Å². The third-order valence-corrected chi connectivity index (χ3v) is 6.12. The molecule has 1 saturated heterocycles. The number of morpholine rings is 1. The number of nitrogens with one attached hydrogen (secondary N) is 1. The van der Waals surface area contributed by atoms with Crippen molar-refractivity contribution in [2.75, 3.05) is 44.8 Å². The van der Waals surface area contributed by atoms with Gasteiger partial charge in [-0.1, -0.05) is 17.7 Å². The Kier molecular flexibility index (Phi) is 6.96. The highest BCUT2D eigenvalue weighted by Gasteiger charge is 2.14. The van der Waals surface area contributed by atoms with E-state index in [1.165, 1.54) is 11.3 Å². The molecule has 0 saturated carbocycles. The molecule has 2 heterocycles. The molecule has 4 rings (SSSR count). The normalized spacial score (nSPS) is 14.4. The maximum Gasteiger partial charge on any atom is 0.257 e. The zero-order valence-corrected chi connectivity index (χ0v) is 18.7. The smallest absolute Gasteiger partial charge is 0.257 e. The minimum atomic E-state index is -0.149. The van der Waals surface area contributed by atoms with E-state index in [1.54, 1.807) is 0 Å². The summed E-state index contributed by atoms with van der Waals surface area (Å²) >= 11 is 1.48. The lowest BCUT2D eigenvalue weighted by Crippen LogP contribution is -2.38. The van der Waals surface area contributed by atoms with Crippen LogP contribution in [0.5, 0.6) is 5.75 Å². The van der Waals surface area contributed by atoms with Gasteiger partial charge in [-0.2, -0.15) is 0 Å². The average Bonchev–Trinajstić information content (AvgIpc) is 3.15. The van der Waals surface area contributed by atoms with Crippen molar-refractivity contribution in [1.29, 1.82) is 0 Å². The zero-order valence-electron chi connectivity index (χ0n) is 17.9. The van der Waals surface area contributed by atoms with Crippen molar-refractivity contribution in [3.63, 3.8) is 0 Å². The maximum atomic E-state index is 12.5. The van der Waals surface area contributed by atoms with Crippen LogP contribution in [-0.4, -0.2) is 55.2 Å². The van der Waals surface area contributed by atoms with Gasteiger partial charge in [0.15, 0.2) is 5.13 Å². The number of ether oxygens (including phenoxy) is 2. The molecule has 1 N–H and O–H groups in total. The minimum absolute atomic E-state index is 0.149. The van der Waals surface area contributed by atoms with E-state index in [0.717, 1.165) is 60.3 Å². The summed E-state index contributed by atoms with van der Waals surface area (Å²) in [7, 11) is 0. The zero-order chi connectivity index (χ0) is 21.6. The Labute approximate surface area is 186 Å². The minimum Gasteiger partial charge on any atom is -0.492 e. The number of aromatic nitrogens is 1. The van der Waals surface area contributed by atoms with E-state index in [-0.39, 0.29) is 5.91 Å². The van der Waals surface area contributed by atoms with Gasteiger partial charge in [-0.25, -0.2) is 4.98 Å². The van der Waals surface area contributed by atoms with Crippen LogP contribution < -0.4 is 10.1 Å². The molecule has 0 unspecified atom stereocenters. The van der Waals surface area contributed by atoms with E-state index >= 15 is 0 Å². The van der Waals surface area contributed by atoms with Crippen molar-refractivity contribution >= 4 is 22.4 Å². The Morgan fingerprint density at radius 3 is 2.52 bits per heavy atom. The van der Waals surface area contributed by atoms with E-state index < -0.39 is 0 Å². The summed E-state index contributed by atoms with van der Waals surface area (Å²) in [6, 6.07) is 15.5. The Hall–Kier alpha value is -2.74. The highest BCUT2D eigenvalue weighted by molar-refractivity contribution is 7.16. The molecule has 6 nitrogen and oxygen atoms in total. The Morgan fingerprint density at radius 2 is 1.81 bits per heavy atom. The summed E-state index contributed by atoms with van der Waals surface area (Å²) in [6.45, 7) is 9.11. The molecule has 0 aliphatic carbocycles. The quantitative estimate of drug-likeness (QED) is 0.594. The molecule has 1 aliphatic heterocycles. The van der Waals surface area contributed by atoms with Crippen molar-refractivity contribution in [3.05, 3.63) is 64.5 Å². The topological polar surface area (TPSA) is 63.7 Å². The summed E-state index contributed by atoms with van der Waals surface area (Å²) in [5, 5.41) is 3.51. The summed E-state index contributed by atoms with van der Waals surface area (Å²) in [4.78, 5) is 20.5. The van der Waals surface area contributed by atoms with Crippen molar-refractivity contribution < 1.29 is 14.3 Å². The fraction of sp³-hybridized carbons (Fsp3) is 0.333. The van der Waals surface area contributed by atoms with Crippen LogP contribution in [0.1, 0.15) is 20.8 Å². The Morgan fingerprint density at radius 1 is 1.10 bits per heavy atom. The number of hydrogen-bond donors (Lipinski definition) is 1. The standard InChI is InChI=1S/C24H27N3O3S/c1-17-3-5-20(6-4-17)23(28)26-24-25-22(18(2)31-24)19-7-9-21(10-8-19)30-16-13-27-11-14-29-15-12-27/h3-10H,11-16H2,1-2H3,(H,25,26,28). The molecule has 1 amide bonds. The van der Waals surface area contributed by atoms with Gasteiger partial charge in [0.25, 0.3) is 5.91 Å². The summed E-state index contributed by atoms with van der Waals surface area (Å²) < 4.78 is 11.3. The summed E-state index contributed by atoms with van der Waals surface area (Å²) in [5.41, 5.74) is 3.63. The molecule has 7 heteroatoms. The number of benzene rings is 2. The van der Waals surface area contributed by atoms with Gasteiger partial charge in [-0.15, -0.1) is 11.3 Å². The molecule has 0 spiro atoms. The molecule has 31 heavy (non-hydrogen) atoms. The molecule has 1 fully saturated rings. The molecule has 0 radical (unpaired) electrons. The van der Waals surface area contributed by atoms with Gasteiger partial charge >= 0.3 is 0 Å². The number of carbonyl (C=O) groups is 1. The highest BCUT2D eigenvalue weighted by Crippen LogP contribution is 2.31. The molecule has 2 aromatic carbocycles. The fourth-order valence-corrected chi connectivity index (χ4v) is 4.25. The first-order valence-electron chi connectivity index (χ1n) is 10.5. The molecule has 0 atom stereocenters. The maximum absolute atomic E-state index is 12.5. The van der Waals surface area contributed by atoms with Crippen molar-refractivity contribution in [2.24, 2.45) is 0 Å². The van der Waals surface area contributed by atoms with E-state index in [0.29, 0.717) is 17.3 Å². The van der Waals surface area contributed by atoms with Gasteiger partial charge in [0.1, 0.15) is 12.4 Å². The Bertz CT molecular complexity index is 1010. The highest BCUT2D eigenvalue weighted by atomic mass is 32.1. The van der Waals surface area contributed by atoms with Crippen LogP contribution in [0.3, 0.4) is 0 Å². The molecule has 0 bridgehead atoms. The SMILES string of the molecule is Cc1ccc(C(=O)Nc2nc(-c3ccc(OCCN4CCOCC4)cc3)c(C)s2)cc1. The lowest BCUT2D eigenvalue weighted by atomic mass is 10.1. The van der Waals surface area contributed by atoms with Gasteiger partial charge in [-0.05, 0) is 50.2 Å². The number of hydrogen-bond acceptors (Lipinski definition) is 6. The van der Waals surface area contributed by atoms with E-state index in [1.807, 2.05) is 62.4 Å². The van der Waals surface area contributed by atoms with Crippen LogP contribution in [0.2, 0.25) is 0 Å². The fourth-order valence-electron chi connectivity index (χ4n) is 3.42. The van der Waals surface area contributed by atoms with Crippen molar-refractivity contribution in [2.45, 2.75) is 13.8 Å². The van der Waals surface area contributed by atoms with Crippen LogP contribution in [0.4, 0.5) is 5.13 Å². The van der Waals surface area contributed by atoms with E-state index in [2.05, 4.69) is 15.2 Å². The van der Waals surface area contributed by atoms with Crippen LogP contribution >= 0.6 is 11.3 Å². The number of anilines is 1. The second kappa shape index (κ2) is 10.0. The lowest BCUT2D eigenvalue weighted by Gasteiger charge is -2.26. The van der Waals surface area contributed by atoms with Gasteiger partial charge < -0.3 is 9.47 Å². The van der Waals surface area contributed by atoms with E-state index in [4.69, 9.17) is 9.47 Å². The average molecular weight is 438 g/mol. The summed E-state index contributed by atoms with van der Waals surface area (Å²) in [5.74, 6) is 0.696. The number of carbonyl (C=O) groups excluding carboxylic acids is 1. The van der Waals surface area contributed by atoms with Crippen LogP contribution in [0.25, 0.3) is 11.3 Å². The molecule has 3 aromatic rings. The predicted octanol–water partition coefficient (Wildman–Crippen LogP) is 4.39. The second-order valence-corrected chi connectivity index (χ2v) is 8.77. The molecule has 162 valence electrons. The largest absolute Gasteiger partial charge is 0.492 e. The first-order valence-corrected chi connectivity index (χ1v) is 11.3.